The molecule has 7 heteroatoms. The molecule has 0 spiro atoms. The van der Waals surface area contributed by atoms with Gasteiger partial charge in [-0.1, -0.05) is 30.3 Å². The first kappa shape index (κ1) is 15.5. The number of hydrogen-bond donors (Lipinski definition) is 2. The van der Waals surface area contributed by atoms with Gasteiger partial charge in [0.15, 0.2) is 0 Å². The maximum absolute atomic E-state index is 12.5. The zero-order chi connectivity index (χ0) is 16.2. The Balaban J connectivity index is 1.61. The Hall–Kier alpha value is -2.44. The second-order valence-electron chi connectivity index (χ2n) is 6.10. The molecule has 0 aromatic heterocycles. The number of carbonyl (C=O) groups excluding carboxylic acids is 1. The summed E-state index contributed by atoms with van der Waals surface area (Å²) in [5.41, 5.74) is 6.79. The monoisotopic (exact) mass is 317 g/mol. The number of piperidine rings is 1. The van der Waals surface area contributed by atoms with Crippen LogP contribution in [0.2, 0.25) is 0 Å². The second-order valence-corrected chi connectivity index (χ2v) is 6.10. The van der Waals surface area contributed by atoms with Gasteiger partial charge in [-0.05, 0) is 24.3 Å². The molecular formula is C16H23N5O2. The van der Waals surface area contributed by atoms with E-state index in [4.69, 9.17) is 16.3 Å². The zero-order valence-electron chi connectivity index (χ0n) is 13.1. The van der Waals surface area contributed by atoms with E-state index in [1.165, 1.54) is 0 Å². The summed E-state index contributed by atoms with van der Waals surface area (Å²) in [6.45, 7) is 2.48. The van der Waals surface area contributed by atoms with Crippen LogP contribution in [0.3, 0.4) is 0 Å². The Morgan fingerprint density at radius 1 is 1.30 bits per heavy atom. The van der Waals surface area contributed by atoms with E-state index < -0.39 is 0 Å². The number of likely N-dealkylation sites (tertiary alicyclic amines) is 2. The molecule has 2 fully saturated rings. The Labute approximate surface area is 135 Å². The Morgan fingerprint density at radius 3 is 2.83 bits per heavy atom. The highest BCUT2D eigenvalue weighted by molar-refractivity contribution is 5.78. The molecule has 0 bridgehead atoms. The fourth-order valence-electron chi connectivity index (χ4n) is 3.48. The van der Waals surface area contributed by atoms with Gasteiger partial charge in [0, 0.05) is 19.6 Å². The fraction of sp³-hybridized carbons (Fsp3) is 0.500. The molecular weight excluding hydrogens is 294 g/mol. The van der Waals surface area contributed by atoms with Crippen LogP contribution < -0.4 is 11.6 Å². The van der Waals surface area contributed by atoms with Crippen LogP contribution in [0.15, 0.2) is 35.4 Å². The molecule has 0 radical (unpaired) electrons. The summed E-state index contributed by atoms with van der Waals surface area (Å²) in [5.74, 6) is 5.99. The van der Waals surface area contributed by atoms with Crippen molar-refractivity contribution in [2.75, 3.05) is 19.6 Å². The van der Waals surface area contributed by atoms with Crippen LogP contribution in [-0.4, -0.2) is 47.5 Å². The van der Waals surface area contributed by atoms with Gasteiger partial charge in [-0.3, -0.25) is 0 Å². The Morgan fingerprint density at radius 2 is 2.09 bits per heavy atom. The number of ether oxygens (including phenoxy) is 1. The molecule has 7 nitrogen and oxygen atoms in total. The number of nitrogens with zero attached hydrogens (tertiary/aromatic N) is 3. The average Bonchev–Trinajstić information content (AvgIpc) is 3.04. The lowest BCUT2D eigenvalue weighted by Gasteiger charge is -2.35. The summed E-state index contributed by atoms with van der Waals surface area (Å²) >= 11 is 0. The quantitative estimate of drug-likeness (QED) is 0.366. The smallest absolute Gasteiger partial charge is 0.410 e. The van der Waals surface area contributed by atoms with Gasteiger partial charge in [0.25, 0.3) is 0 Å². The third-order valence-electron chi connectivity index (χ3n) is 4.68. The van der Waals surface area contributed by atoms with Crippen molar-refractivity contribution in [2.45, 2.75) is 25.5 Å². The molecule has 1 aromatic carbocycles. The van der Waals surface area contributed by atoms with Crippen molar-refractivity contribution in [1.29, 1.82) is 0 Å². The van der Waals surface area contributed by atoms with Crippen LogP contribution >= 0.6 is 0 Å². The lowest BCUT2D eigenvalue weighted by Crippen LogP contribution is -2.49. The summed E-state index contributed by atoms with van der Waals surface area (Å²) in [6.07, 6.45) is 1.81. The summed E-state index contributed by atoms with van der Waals surface area (Å²) in [5, 5.41) is 3.56. The van der Waals surface area contributed by atoms with Gasteiger partial charge < -0.3 is 26.1 Å². The molecule has 2 heterocycles. The van der Waals surface area contributed by atoms with Crippen LogP contribution in [0.1, 0.15) is 18.4 Å². The number of hydrogen-bond acceptors (Lipinski definition) is 4. The van der Waals surface area contributed by atoms with Crippen LogP contribution in [0.5, 0.6) is 0 Å². The molecule has 124 valence electrons. The molecule has 2 aliphatic rings. The van der Waals surface area contributed by atoms with E-state index in [0.29, 0.717) is 25.0 Å². The van der Waals surface area contributed by atoms with Crippen molar-refractivity contribution in [2.24, 2.45) is 22.6 Å². The summed E-state index contributed by atoms with van der Waals surface area (Å²) < 4.78 is 5.48. The molecule has 4 N–H and O–H groups in total. The number of nitrogens with two attached hydrogens (primary N) is 2. The molecule has 0 aliphatic carbocycles. The molecule has 1 amide bonds. The van der Waals surface area contributed by atoms with Gasteiger partial charge in [-0.2, -0.15) is 0 Å². The summed E-state index contributed by atoms with van der Waals surface area (Å²) in [6, 6.07) is 9.82. The van der Waals surface area contributed by atoms with Crippen molar-refractivity contribution >= 4 is 12.1 Å². The largest absolute Gasteiger partial charge is 0.445 e. The molecule has 2 aliphatic heterocycles. The van der Waals surface area contributed by atoms with Crippen LogP contribution in [0.4, 0.5) is 4.79 Å². The number of benzene rings is 1. The van der Waals surface area contributed by atoms with Gasteiger partial charge in [0.1, 0.15) is 6.61 Å². The second kappa shape index (κ2) is 6.76. The minimum absolute atomic E-state index is 0.118. The van der Waals surface area contributed by atoms with Crippen molar-refractivity contribution in [3.05, 3.63) is 35.9 Å². The van der Waals surface area contributed by atoms with Crippen molar-refractivity contribution < 1.29 is 9.53 Å². The first-order chi connectivity index (χ1) is 11.2. The first-order valence-electron chi connectivity index (χ1n) is 7.94. The minimum atomic E-state index is -0.256. The van der Waals surface area contributed by atoms with Gasteiger partial charge in [0.05, 0.1) is 6.04 Å². The topological polar surface area (TPSA) is 97.2 Å². The molecule has 0 saturated carbocycles. The van der Waals surface area contributed by atoms with E-state index in [1.54, 1.807) is 0 Å². The first-order valence-corrected chi connectivity index (χ1v) is 7.94. The fourth-order valence-corrected chi connectivity index (χ4v) is 3.48. The lowest BCUT2D eigenvalue weighted by atomic mass is 9.92. The zero-order valence-corrected chi connectivity index (χ0v) is 13.1. The van der Waals surface area contributed by atoms with E-state index in [0.717, 1.165) is 31.5 Å². The number of rotatable bonds is 2. The predicted octanol–water partition coefficient (Wildman–Crippen LogP) is 0.908. The van der Waals surface area contributed by atoms with E-state index >= 15 is 0 Å². The normalized spacial score (nSPS) is 24.4. The van der Waals surface area contributed by atoms with E-state index in [2.05, 4.69) is 5.10 Å². The van der Waals surface area contributed by atoms with Gasteiger partial charge in [-0.25, -0.2) is 4.79 Å². The van der Waals surface area contributed by atoms with Crippen molar-refractivity contribution in [1.82, 2.24) is 9.80 Å². The Bertz CT molecular complexity index is 577. The highest BCUT2D eigenvalue weighted by Crippen LogP contribution is 2.31. The van der Waals surface area contributed by atoms with E-state index in [-0.39, 0.29) is 12.1 Å². The van der Waals surface area contributed by atoms with Gasteiger partial charge in [0.2, 0.25) is 5.96 Å². The summed E-state index contributed by atoms with van der Waals surface area (Å²) in [4.78, 5) is 16.2. The van der Waals surface area contributed by atoms with Crippen LogP contribution in [-0.2, 0) is 11.3 Å². The standard InChI is InChI=1S/C16H23N5O2/c17-15(19-18)20-9-13-7-4-8-21(14(13)10-20)16(22)23-11-12-5-2-1-3-6-12/h1-3,5-6,13-14H,4,7-11,18H2,(H2,17,19)/t13-,14-/m1/s1. The number of carbonyl (C=O) groups is 1. The molecule has 0 unspecified atom stereocenters. The van der Waals surface area contributed by atoms with E-state index in [9.17, 15) is 4.79 Å². The average molecular weight is 317 g/mol. The number of guanidine groups is 1. The lowest BCUT2D eigenvalue weighted by molar-refractivity contribution is 0.0610. The van der Waals surface area contributed by atoms with Gasteiger partial charge >= 0.3 is 6.09 Å². The highest BCUT2D eigenvalue weighted by atomic mass is 16.6. The molecule has 1 aromatic rings. The van der Waals surface area contributed by atoms with Crippen LogP contribution in [0, 0.1) is 5.92 Å². The maximum atomic E-state index is 12.5. The third-order valence-corrected chi connectivity index (χ3v) is 4.68. The van der Waals surface area contributed by atoms with Gasteiger partial charge in [-0.15, -0.1) is 5.10 Å². The molecule has 3 rings (SSSR count). The predicted molar refractivity (Wildman–Crippen MR) is 87.2 cm³/mol. The van der Waals surface area contributed by atoms with E-state index in [1.807, 2.05) is 40.1 Å². The number of hydrazone groups is 1. The van der Waals surface area contributed by atoms with Crippen molar-refractivity contribution in [3.63, 3.8) is 0 Å². The highest BCUT2D eigenvalue weighted by Gasteiger charge is 2.42. The molecule has 2 saturated heterocycles. The van der Waals surface area contributed by atoms with Crippen LogP contribution in [0.25, 0.3) is 0 Å². The SMILES string of the molecule is NN=C(N)N1C[C@H]2CCCN(C(=O)OCc3ccccc3)[C@@H]2C1. The number of amides is 1. The molecule has 2 atom stereocenters. The van der Waals surface area contributed by atoms with Crippen molar-refractivity contribution in [3.8, 4) is 0 Å². The maximum Gasteiger partial charge on any atom is 0.410 e. The Kier molecular flexibility index (Phi) is 4.55. The third kappa shape index (κ3) is 3.33. The minimum Gasteiger partial charge on any atom is -0.445 e. The number of fused-ring (bicyclic) bond motifs is 1. The molecule has 23 heavy (non-hydrogen) atoms. The summed E-state index contributed by atoms with van der Waals surface area (Å²) in [7, 11) is 0.